The van der Waals surface area contributed by atoms with E-state index in [0.717, 1.165) is 10.7 Å². The van der Waals surface area contributed by atoms with Crippen LogP contribution < -0.4 is 0 Å². The van der Waals surface area contributed by atoms with Gasteiger partial charge in [-0.3, -0.25) is 4.98 Å². The molecule has 0 aromatic carbocycles. The van der Waals surface area contributed by atoms with Gasteiger partial charge in [0.15, 0.2) is 5.01 Å². The van der Waals surface area contributed by atoms with Crippen molar-refractivity contribution < 1.29 is 0 Å². The first-order chi connectivity index (χ1) is 5.86. The van der Waals surface area contributed by atoms with Gasteiger partial charge in [-0.25, -0.2) is 4.98 Å². The van der Waals surface area contributed by atoms with Crippen molar-refractivity contribution >= 4 is 27.5 Å². The Hall–Kier alpha value is -0.810. The number of rotatable bonds is 1. The number of aromatic nitrogens is 3. The van der Waals surface area contributed by atoms with Crippen molar-refractivity contribution in [2.75, 3.05) is 0 Å². The molecule has 0 aliphatic rings. The van der Waals surface area contributed by atoms with Gasteiger partial charge >= 0.3 is 0 Å². The van der Waals surface area contributed by atoms with Crippen LogP contribution in [-0.4, -0.2) is 14.3 Å². The second kappa shape index (κ2) is 3.28. The average Bonchev–Trinajstić information content (AvgIpc) is 2.54. The van der Waals surface area contributed by atoms with Gasteiger partial charge in [0.1, 0.15) is 5.69 Å². The second-order valence-electron chi connectivity index (χ2n) is 2.08. The molecule has 0 saturated heterocycles. The lowest BCUT2D eigenvalue weighted by Crippen LogP contribution is -1.78. The van der Waals surface area contributed by atoms with Crippen LogP contribution in [0.2, 0.25) is 0 Å². The monoisotopic (exact) mass is 241 g/mol. The van der Waals surface area contributed by atoms with Crippen molar-refractivity contribution in [1.82, 2.24) is 14.3 Å². The summed E-state index contributed by atoms with van der Waals surface area (Å²) in [5, 5.41) is 0.836. The van der Waals surface area contributed by atoms with E-state index in [2.05, 4.69) is 30.3 Å². The van der Waals surface area contributed by atoms with E-state index in [4.69, 9.17) is 0 Å². The largest absolute Gasteiger partial charge is 0.254 e. The molecule has 5 heteroatoms. The zero-order valence-corrected chi connectivity index (χ0v) is 8.34. The Kier molecular flexibility index (Phi) is 2.14. The number of nitrogens with zero attached hydrogens (tertiary/aromatic N) is 3. The van der Waals surface area contributed by atoms with Crippen molar-refractivity contribution in [3.05, 3.63) is 29.1 Å². The molecular weight excluding hydrogens is 238 g/mol. The number of halogens is 1. The fourth-order valence-corrected chi connectivity index (χ4v) is 1.85. The molecule has 0 aliphatic carbocycles. The fourth-order valence-electron chi connectivity index (χ4n) is 0.799. The summed E-state index contributed by atoms with van der Waals surface area (Å²) in [7, 11) is 0. The van der Waals surface area contributed by atoms with Crippen LogP contribution in [0.5, 0.6) is 0 Å². The highest BCUT2D eigenvalue weighted by molar-refractivity contribution is 9.10. The van der Waals surface area contributed by atoms with Crippen LogP contribution >= 0.6 is 27.5 Å². The summed E-state index contributed by atoms with van der Waals surface area (Å²) in [6, 6.07) is 5.71. The van der Waals surface area contributed by atoms with E-state index in [1.807, 2.05) is 18.2 Å². The molecule has 0 atom stereocenters. The summed E-state index contributed by atoms with van der Waals surface area (Å²) in [5.74, 6) is 0. The molecule has 2 rings (SSSR count). The maximum atomic E-state index is 4.15. The van der Waals surface area contributed by atoms with Gasteiger partial charge in [-0.2, -0.15) is 4.37 Å². The Bertz CT molecular complexity index is 373. The van der Waals surface area contributed by atoms with Gasteiger partial charge in [0.2, 0.25) is 4.73 Å². The highest BCUT2D eigenvalue weighted by atomic mass is 79.9. The number of hydrogen-bond acceptors (Lipinski definition) is 4. The van der Waals surface area contributed by atoms with Gasteiger partial charge < -0.3 is 0 Å². The van der Waals surface area contributed by atoms with E-state index in [1.54, 1.807) is 6.20 Å². The Balaban J connectivity index is 2.45. The minimum Gasteiger partial charge on any atom is -0.254 e. The Morgan fingerprint density at radius 3 is 2.83 bits per heavy atom. The second-order valence-corrected chi connectivity index (χ2v) is 3.54. The van der Waals surface area contributed by atoms with E-state index in [1.165, 1.54) is 11.5 Å². The number of hydrogen-bond donors (Lipinski definition) is 0. The zero-order chi connectivity index (χ0) is 8.39. The molecule has 0 N–H and O–H groups in total. The molecule has 0 unspecified atom stereocenters. The van der Waals surface area contributed by atoms with Crippen LogP contribution in [0.15, 0.2) is 29.1 Å². The Morgan fingerprint density at radius 2 is 2.25 bits per heavy atom. The fraction of sp³-hybridized carbons (Fsp3) is 0. The summed E-state index contributed by atoms with van der Waals surface area (Å²) < 4.78 is 4.62. The van der Waals surface area contributed by atoms with Crippen molar-refractivity contribution in [1.29, 1.82) is 0 Å². The third-order valence-electron chi connectivity index (χ3n) is 1.29. The summed E-state index contributed by atoms with van der Waals surface area (Å²) in [4.78, 5) is 8.29. The van der Waals surface area contributed by atoms with E-state index in [9.17, 15) is 0 Å². The predicted molar refractivity (Wildman–Crippen MR) is 50.8 cm³/mol. The molecule has 2 aromatic heterocycles. The van der Waals surface area contributed by atoms with Gasteiger partial charge in [-0.1, -0.05) is 6.07 Å². The topological polar surface area (TPSA) is 38.7 Å². The molecule has 0 spiro atoms. The lowest BCUT2D eigenvalue weighted by Gasteiger charge is -1.89. The van der Waals surface area contributed by atoms with Gasteiger partial charge in [0, 0.05) is 6.20 Å². The van der Waals surface area contributed by atoms with Gasteiger partial charge in [0.25, 0.3) is 0 Å². The minimum atomic E-state index is 0.619. The Morgan fingerprint density at radius 1 is 1.33 bits per heavy atom. The summed E-state index contributed by atoms with van der Waals surface area (Å²) in [5.41, 5.74) is 0.862. The molecule has 0 bridgehead atoms. The van der Waals surface area contributed by atoms with Crippen LogP contribution in [0.3, 0.4) is 0 Å². The molecule has 0 saturated carbocycles. The molecule has 2 aromatic rings. The lowest BCUT2D eigenvalue weighted by atomic mass is 10.4. The maximum Gasteiger partial charge on any atom is 0.209 e. The molecule has 3 nitrogen and oxygen atoms in total. The smallest absolute Gasteiger partial charge is 0.209 e. The number of pyridine rings is 1. The van der Waals surface area contributed by atoms with Crippen LogP contribution in [0, 0.1) is 0 Å². The van der Waals surface area contributed by atoms with Gasteiger partial charge in [0.05, 0.1) is 0 Å². The zero-order valence-electron chi connectivity index (χ0n) is 5.94. The van der Waals surface area contributed by atoms with Gasteiger partial charge in [-0.15, -0.1) is 0 Å². The molecule has 0 aliphatic heterocycles. The van der Waals surface area contributed by atoms with E-state index >= 15 is 0 Å². The highest BCUT2D eigenvalue weighted by Crippen LogP contribution is 2.20. The minimum absolute atomic E-state index is 0.619. The average molecular weight is 242 g/mol. The summed E-state index contributed by atoms with van der Waals surface area (Å²) in [6.07, 6.45) is 1.74. The molecule has 0 radical (unpaired) electrons. The van der Waals surface area contributed by atoms with Crippen LogP contribution in [-0.2, 0) is 0 Å². The lowest BCUT2D eigenvalue weighted by molar-refractivity contribution is 1.23. The van der Waals surface area contributed by atoms with Crippen LogP contribution in [0.25, 0.3) is 10.7 Å². The molecule has 2 heterocycles. The standard InChI is InChI=1S/C7H4BrN3S/c8-7-10-6(12-11-7)5-3-1-2-4-9-5/h1-4H. The molecule has 12 heavy (non-hydrogen) atoms. The first-order valence-corrected chi connectivity index (χ1v) is 4.83. The van der Waals surface area contributed by atoms with Crippen LogP contribution in [0.4, 0.5) is 0 Å². The van der Waals surface area contributed by atoms with Crippen molar-refractivity contribution in [3.63, 3.8) is 0 Å². The molecule has 60 valence electrons. The molecule has 0 amide bonds. The Labute approximate surface area is 81.8 Å². The van der Waals surface area contributed by atoms with E-state index in [0.29, 0.717) is 4.73 Å². The van der Waals surface area contributed by atoms with Crippen molar-refractivity contribution in [2.24, 2.45) is 0 Å². The van der Waals surface area contributed by atoms with E-state index in [-0.39, 0.29) is 0 Å². The quantitative estimate of drug-likeness (QED) is 0.770. The van der Waals surface area contributed by atoms with Gasteiger partial charge in [-0.05, 0) is 39.6 Å². The first kappa shape index (κ1) is 7.82. The SMILES string of the molecule is Brc1nsc(-c2ccccn2)n1. The maximum absolute atomic E-state index is 4.15. The highest BCUT2D eigenvalue weighted by Gasteiger charge is 2.03. The molecular formula is C7H4BrN3S. The molecule has 0 fully saturated rings. The van der Waals surface area contributed by atoms with Crippen molar-refractivity contribution in [2.45, 2.75) is 0 Å². The summed E-state index contributed by atoms with van der Waals surface area (Å²) in [6.45, 7) is 0. The summed E-state index contributed by atoms with van der Waals surface area (Å²) >= 11 is 4.52. The van der Waals surface area contributed by atoms with E-state index < -0.39 is 0 Å². The van der Waals surface area contributed by atoms with Crippen LogP contribution in [0.1, 0.15) is 0 Å². The third-order valence-corrected chi connectivity index (χ3v) is 2.61. The third kappa shape index (κ3) is 1.51. The van der Waals surface area contributed by atoms with Crippen molar-refractivity contribution in [3.8, 4) is 10.7 Å². The first-order valence-electron chi connectivity index (χ1n) is 3.27. The predicted octanol–water partition coefficient (Wildman–Crippen LogP) is 2.36. The normalized spacial score (nSPS) is 10.1.